The van der Waals surface area contributed by atoms with Crippen LogP contribution in [0.3, 0.4) is 0 Å². The quantitative estimate of drug-likeness (QED) is 0.647. The summed E-state index contributed by atoms with van der Waals surface area (Å²) in [7, 11) is 0. The predicted molar refractivity (Wildman–Crippen MR) is 82.2 cm³/mol. The molecule has 104 valence electrons. The molecule has 1 aromatic heterocycles. The number of aromatic nitrogens is 1. The Hall–Kier alpha value is -1.60. The van der Waals surface area contributed by atoms with Crippen LogP contribution >= 0.6 is 28.1 Å². The highest BCUT2D eigenvalue weighted by Gasteiger charge is 2.12. The van der Waals surface area contributed by atoms with Crippen LogP contribution in [0.15, 0.2) is 28.7 Å². The van der Waals surface area contributed by atoms with Gasteiger partial charge in [0, 0.05) is 11.8 Å². The monoisotopic (exact) mass is 357 g/mol. The van der Waals surface area contributed by atoms with Gasteiger partial charge in [0.25, 0.3) is 0 Å². The molecule has 20 heavy (non-hydrogen) atoms. The molecule has 1 heterocycles. The van der Waals surface area contributed by atoms with Gasteiger partial charge in [-0.05, 0) is 41.1 Å². The van der Waals surface area contributed by atoms with E-state index in [2.05, 4.69) is 26.2 Å². The van der Waals surface area contributed by atoms with Gasteiger partial charge in [-0.1, -0.05) is 12.2 Å². The van der Waals surface area contributed by atoms with E-state index >= 15 is 0 Å². The summed E-state index contributed by atoms with van der Waals surface area (Å²) in [5, 5.41) is 2.72. The Balaban J connectivity index is 2.47. The fourth-order valence-corrected chi connectivity index (χ4v) is 2.08. The lowest BCUT2D eigenvalue weighted by Gasteiger charge is -2.12. The third-order valence-corrected chi connectivity index (χ3v) is 3.39. The maximum atomic E-state index is 13.8. The molecule has 0 radical (unpaired) electrons. The van der Waals surface area contributed by atoms with Crippen LogP contribution in [0.2, 0.25) is 0 Å². The van der Waals surface area contributed by atoms with Crippen molar-refractivity contribution < 1.29 is 8.78 Å². The van der Waals surface area contributed by atoms with Crippen LogP contribution in [0, 0.1) is 18.6 Å². The maximum Gasteiger partial charge on any atom is 0.148 e. The van der Waals surface area contributed by atoms with E-state index < -0.39 is 11.6 Å². The van der Waals surface area contributed by atoms with E-state index in [-0.39, 0.29) is 21.0 Å². The van der Waals surface area contributed by atoms with Crippen LogP contribution in [-0.2, 0) is 0 Å². The zero-order valence-electron chi connectivity index (χ0n) is 10.4. The molecule has 2 aromatic rings. The number of aryl methyl sites for hydroxylation is 1. The Morgan fingerprint density at radius 2 is 2.00 bits per heavy atom. The Bertz CT molecular complexity index is 692. The minimum atomic E-state index is -0.615. The normalized spacial score (nSPS) is 10.4. The van der Waals surface area contributed by atoms with Gasteiger partial charge in [-0.3, -0.25) is 0 Å². The molecule has 2 rings (SSSR count). The highest BCUT2D eigenvalue weighted by molar-refractivity contribution is 9.10. The molecule has 1 aromatic carbocycles. The van der Waals surface area contributed by atoms with Gasteiger partial charge in [0.15, 0.2) is 0 Å². The minimum Gasteiger partial charge on any atom is -0.389 e. The Morgan fingerprint density at radius 1 is 1.30 bits per heavy atom. The first-order valence-corrected chi connectivity index (χ1v) is 6.77. The van der Waals surface area contributed by atoms with Gasteiger partial charge in [0.05, 0.1) is 15.7 Å². The molecule has 0 bridgehead atoms. The van der Waals surface area contributed by atoms with E-state index in [1.165, 1.54) is 0 Å². The number of hydrogen-bond donors (Lipinski definition) is 2. The SMILES string of the molecule is Cc1ccc(C(N)=S)c(Nc2cc(F)c(Br)cc2F)n1. The van der Waals surface area contributed by atoms with Crippen molar-refractivity contribution in [1.82, 2.24) is 4.98 Å². The van der Waals surface area contributed by atoms with Crippen molar-refractivity contribution >= 4 is 44.6 Å². The molecule has 0 aliphatic carbocycles. The van der Waals surface area contributed by atoms with Gasteiger partial charge in [-0.25, -0.2) is 13.8 Å². The highest BCUT2D eigenvalue weighted by atomic mass is 79.9. The van der Waals surface area contributed by atoms with E-state index in [0.29, 0.717) is 11.3 Å². The predicted octanol–water partition coefficient (Wildman–Crippen LogP) is 3.81. The van der Waals surface area contributed by atoms with Crippen molar-refractivity contribution in [3.63, 3.8) is 0 Å². The molecule has 3 nitrogen and oxygen atoms in total. The molecule has 3 N–H and O–H groups in total. The van der Waals surface area contributed by atoms with Gasteiger partial charge in [0.2, 0.25) is 0 Å². The second-order valence-electron chi connectivity index (χ2n) is 4.08. The number of nitrogens with two attached hydrogens (primary N) is 1. The van der Waals surface area contributed by atoms with Gasteiger partial charge in [0.1, 0.15) is 22.4 Å². The molecule has 0 aliphatic rings. The van der Waals surface area contributed by atoms with Crippen molar-refractivity contribution in [2.45, 2.75) is 6.92 Å². The number of nitrogens with one attached hydrogen (secondary N) is 1. The number of benzene rings is 1. The summed E-state index contributed by atoms with van der Waals surface area (Å²) in [6.45, 7) is 1.77. The van der Waals surface area contributed by atoms with Crippen molar-refractivity contribution in [2.24, 2.45) is 5.73 Å². The second-order valence-corrected chi connectivity index (χ2v) is 5.38. The van der Waals surface area contributed by atoms with Crippen LogP contribution in [-0.4, -0.2) is 9.97 Å². The lowest BCUT2D eigenvalue weighted by atomic mass is 10.2. The Morgan fingerprint density at radius 3 is 2.65 bits per heavy atom. The van der Waals surface area contributed by atoms with E-state index in [4.69, 9.17) is 18.0 Å². The fourth-order valence-electron chi connectivity index (χ4n) is 1.60. The fraction of sp³-hybridized carbons (Fsp3) is 0.0769. The largest absolute Gasteiger partial charge is 0.389 e. The summed E-state index contributed by atoms with van der Waals surface area (Å²) in [6.07, 6.45) is 0. The summed E-state index contributed by atoms with van der Waals surface area (Å²) in [4.78, 5) is 4.33. The van der Waals surface area contributed by atoms with Gasteiger partial charge in [-0.2, -0.15) is 0 Å². The first-order chi connectivity index (χ1) is 9.38. The van der Waals surface area contributed by atoms with E-state index in [0.717, 1.165) is 12.1 Å². The third-order valence-electron chi connectivity index (χ3n) is 2.56. The zero-order valence-corrected chi connectivity index (χ0v) is 12.8. The van der Waals surface area contributed by atoms with E-state index in [1.807, 2.05) is 0 Å². The van der Waals surface area contributed by atoms with Crippen molar-refractivity contribution in [3.05, 3.63) is 51.6 Å². The van der Waals surface area contributed by atoms with Crippen LogP contribution in [0.4, 0.5) is 20.3 Å². The number of anilines is 2. The molecule has 0 amide bonds. The summed E-state index contributed by atoms with van der Waals surface area (Å²) < 4.78 is 27.3. The molecular weight excluding hydrogens is 348 g/mol. The number of pyridine rings is 1. The number of rotatable bonds is 3. The zero-order chi connectivity index (χ0) is 14.9. The summed E-state index contributed by atoms with van der Waals surface area (Å²) in [6, 6.07) is 5.49. The average Bonchev–Trinajstić information content (AvgIpc) is 2.35. The maximum absolute atomic E-state index is 13.8. The van der Waals surface area contributed by atoms with Crippen molar-refractivity contribution in [3.8, 4) is 0 Å². The van der Waals surface area contributed by atoms with Gasteiger partial charge in [-0.15, -0.1) is 0 Å². The number of halogens is 3. The smallest absolute Gasteiger partial charge is 0.148 e. The summed E-state index contributed by atoms with van der Waals surface area (Å²) in [5.74, 6) is -0.910. The highest BCUT2D eigenvalue weighted by Crippen LogP contribution is 2.26. The third kappa shape index (κ3) is 3.10. The molecule has 0 fully saturated rings. The minimum absolute atomic E-state index is 0.0405. The Labute approximate surface area is 128 Å². The number of nitrogens with zero attached hydrogens (tertiary/aromatic N) is 1. The average molecular weight is 358 g/mol. The standard InChI is InChI=1S/C13H10BrF2N3S/c1-6-2-3-7(12(17)20)13(18-6)19-11-5-9(15)8(14)4-10(11)16/h2-5H,1H3,(H2,17,20)(H,18,19). The van der Waals surface area contributed by atoms with Crippen molar-refractivity contribution in [2.75, 3.05) is 5.32 Å². The molecule has 0 atom stereocenters. The van der Waals surface area contributed by atoms with E-state index in [1.54, 1.807) is 19.1 Å². The van der Waals surface area contributed by atoms with Gasteiger partial charge < -0.3 is 11.1 Å². The number of hydrogen-bond acceptors (Lipinski definition) is 3. The van der Waals surface area contributed by atoms with Crippen LogP contribution in [0.1, 0.15) is 11.3 Å². The molecule has 0 spiro atoms. The van der Waals surface area contributed by atoms with Crippen LogP contribution in [0.25, 0.3) is 0 Å². The van der Waals surface area contributed by atoms with E-state index in [9.17, 15) is 8.78 Å². The lowest BCUT2D eigenvalue weighted by molar-refractivity contribution is 0.597. The van der Waals surface area contributed by atoms with Crippen LogP contribution in [0.5, 0.6) is 0 Å². The molecular formula is C13H10BrF2N3S. The van der Waals surface area contributed by atoms with Crippen molar-refractivity contribution in [1.29, 1.82) is 0 Å². The summed E-state index contributed by atoms with van der Waals surface area (Å²) in [5.41, 5.74) is 6.71. The molecule has 0 saturated carbocycles. The summed E-state index contributed by atoms with van der Waals surface area (Å²) >= 11 is 7.83. The lowest BCUT2D eigenvalue weighted by Crippen LogP contribution is -2.13. The second kappa shape index (κ2) is 5.80. The van der Waals surface area contributed by atoms with Gasteiger partial charge >= 0.3 is 0 Å². The topological polar surface area (TPSA) is 50.9 Å². The molecule has 0 unspecified atom stereocenters. The molecule has 7 heteroatoms. The van der Waals surface area contributed by atoms with Crippen LogP contribution < -0.4 is 11.1 Å². The molecule has 0 aliphatic heterocycles. The number of thiocarbonyl (C=S) groups is 1. The Kier molecular flexibility index (Phi) is 4.29. The first kappa shape index (κ1) is 14.8. The molecule has 0 saturated heterocycles. The first-order valence-electron chi connectivity index (χ1n) is 5.57.